The van der Waals surface area contributed by atoms with Crippen LogP contribution >= 0.6 is 11.8 Å². The Morgan fingerprint density at radius 3 is 3.06 bits per heavy atom. The summed E-state index contributed by atoms with van der Waals surface area (Å²) in [5.74, 6) is 1.79. The highest BCUT2D eigenvalue weighted by molar-refractivity contribution is 7.99. The third-order valence-electron chi connectivity index (χ3n) is 2.98. The van der Waals surface area contributed by atoms with Crippen LogP contribution in [0.4, 0.5) is 0 Å². The largest absolute Gasteiger partial charge is 0.272 e. The van der Waals surface area contributed by atoms with E-state index in [1.165, 1.54) is 16.2 Å². The van der Waals surface area contributed by atoms with Gasteiger partial charge in [0.1, 0.15) is 0 Å². The molecule has 0 saturated carbocycles. The van der Waals surface area contributed by atoms with Gasteiger partial charge in [0.2, 0.25) is 0 Å². The summed E-state index contributed by atoms with van der Waals surface area (Å²) in [6.07, 6.45) is 2.07. The van der Waals surface area contributed by atoms with Gasteiger partial charge in [-0.25, -0.2) is 0 Å². The lowest BCUT2D eigenvalue weighted by molar-refractivity contribution is 0.546. The maximum absolute atomic E-state index is 4.45. The average Bonchev–Trinajstić information content (AvgIpc) is 2.87. The predicted molar refractivity (Wildman–Crippen MR) is 66.9 cm³/mol. The van der Waals surface area contributed by atoms with Crippen molar-refractivity contribution in [3.05, 3.63) is 47.8 Å². The molecule has 0 amide bonds. The van der Waals surface area contributed by atoms with E-state index in [1.54, 1.807) is 0 Å². The van der Waals surface area contributed by atoms with Gasteiger partial charge in [-0.2, -0.15) is 5.10 Å². The average molecular weight is 230 g/mol. The lowest BCUT2D eigenvalue weighted by atomic mass is 10.0. The van der Waals surface area contributed by atoms with Gasteiger partial charge in [-0.3, -0.25) is 4.68 Å². The topological polar surface area (TPSA) is 17.8 Å². The lowest BCUT2D eigenvalue weighted by Crippen LogP contribution is -2.09. The van der Waals surface area contributed by atoms with Crippen LogP contribution in [-0.2, 0) is 6.54 Å². The molecule has 2 nitrogen and oxygen atoms in total. The van der Waals surface area contributed by atoms with Crippen LogP contribution in [0, 0.1) is 6.92 Å². The standard InChI is InChI=1S/C13H14N2S/c1-10-6-7-15(14-10)8-11-9-16-13-5-3-2-4-12(11)13/h2-7,11H,8-9H2,1H3. The highest BCUT2D eigenvalue weighted by Crippen LogP contribution is 2.39. The molecule has 82 valence electrons. The Bertz CT molecular complexity index is 504. The first-order valence-corrected chi connectivity index (χ1v) is 6.53. The number of benzene rings is 1. The molecule has 1 aliphatic heterocycles. The van der Waals surface area contributed by atoms with E-state index in [0.29, 0.717) is 5.92 Å². The molecule has 0 aliphatic carbocycles. The predicted octanol–water partition coefficient (Wildman–Crippen LogP) is 3.08. The van der Waals surface area contributed by atoms with Gasteiger partial charge in [0.05, 0.1) is 5.69 Å². The fourth-order valence-electron chi connectivity index (χ4n) is 2.17. The fourth-order valence-corrected chi connectivity index (χ4v) is 3.41. The number of rotatable bonds is 2. The summed E-state index contributed by atoms with van der Waals surface area (Å²) in [6, 6.07) is 10.8. The Labute approximate surface area is 99.7 Å². The number of aryl methyl sites for hydroxylation is 1. The molecule has 0 N–H and O–H groups in total. The summed E-state index contributed by atoms with van der Waals surface area (Å²) in [5, 5.41) is 4.45. The number of hydrogen-bond acceptors (Lipinski definition) is 2. The molecule has 0 spiro atoms. The SMILES string of the molecule is Cc1ccn(CC2CSc3ccccc32)n1. The van der Waals surface area contributed by atoms with E-state index in [0.717, 1.165) is 12.2 Å². The van der Waals surface area contributed by atoms with E-state index < -0.39 is 0 Å². The van der Waals surface area contributed by atoms with Crippen LogP contribution in [0.1, 0.15) is 17.2 Å². The summed E-state index contributed by atoms with van der Waals surface area (Å²) in [7, 11) is 0. The molecule has 3 heteroatoms. The minimum atomic E-state index is 0.612. The van der Waals surface area contributed by atoms with Gasteiger partial charge in [0.25, 0.3) is 0 Å². The highest BCUT2D eigenvalue weighted by Gasteiger charge is 2.22. The molecule has 3 rings (SSSR count). The van der Waals surface area contributed by atoms with Gasteiger partial charge >= 0.3 is 0 Å². The molecule has 0 bridgehead atoms. The van der Waals surface area contributed by atoms with E-state index >= 15 is 0 Å². The zero-order valence-electron chi connectivity index (χ0n) is 9.26. The Hall–Kier alpha value is -1.22. The minimum absolute atomic E-state index is 0.612. The highest BCUT2D eigenvalue weighted by atomic mass is 32.2. The normalized spacial score (nSPS) is 18.7. The number of thioether (sulfide) groups is 1. The van der Waals surface area contributed by atoms with Gasteiger partial charge < -0.3 is 0 Å². The summed E-state index contributed by atoms with van der Waals surface area (Å²) >= 11 is 1.96. The van der Waals surface area contributed by atoms with Gasteiger partial charge in [0, 0.05) is 29.3 Å². The molecule has 1 aromatic heterocycles. The molecular formula is C13H14N2S. The van der Waals surface area contributed by atoms with Crippen molar-refractivity contribution < 1.29 is 0 Å². The van der Waals surface area contributed by atoms with Crippen molar-refractivity contribution in [2.75, 3.05) is 5.75 Å². The van der Waals surface area contributed by atoms with Crippen molar-refractivity contribution in [2.45, 2.75) is 24.3 Å². The first kappa shape index (κ1) is 9.97. The second kappa shape index (κ2) is 3.98. The first-order valence-electron chi connectivity index (χ1n) is 5.55. The van der Waals surface area contributed by atoms with Gasteiger partial charge in [-0.15, -0.1) is 11.8 Å². The van der Waals surface area contributed by atoms with Crippen LogP contribution in [-0.4, -0.2) is 15.5 Å². The molecule has 1 aromatic carbocycles. The quantitative estimate of drug-likeness (QED) is 0.789. The Morgan fingerprint density at radius 2 is 2.25 bits per heavy atom. The molecule has 1 aliphatic rings. The van der Waals surface area contributed by atoms with Crippen molar-refractivity contribution in [3.8, 4) is 0 Å². The van der Waals surface area contributed by atoms with Gasteiger partial charge in [0.15, 0.2) is 0 Å². The van der Waals surface area contributed by atoms with Crippen molar-refractivity contribution in [1.82, 2.24) is 9.78 Å². The smallest absolute Gasteiger partial charge is 0.0593 e. The van der Waals surface area contributed by atoms with Crippen LogP contribution in [0.25, 0.3) is 0 Å². The molecule has 1 atom stereocenters. The van der Waals surface area contributed by atoms with Crippen LogP contribution in [0.2, 0.25) is 0 Å². The summed E-state index contributed by atoms with van der Waals surface area (Å²) in [4.78, 5) is 1.44. The van der Waals surface area contributed by atoms with E-state index in [1.807, 2.05) is 18.7 Å². The maximum Gasteiger partial charge on any atom is 0.0593 e. The Balaban J connectivity index is 1.83. The number of fused-ring (bicyclic) bond motifs is 1. The van der Waals surface area contributed by atoms with Crippen molar-refractivity contribution in [2.24, 2.45) is 0 Å². The number of aromatic nitrogens is 2. The Kier molecular flexibility index (Phi) is 2.48. The summed E-state index contributed by atoms with van der Waals surface area (Å²) in [6.45, 7) is 3.03. The summed E-state index contributed by atoms with van der Waals surface area (Å²) < 4.78 is 2.06. The second-order valence-electron chi connectivity index (χ2n) is 4.22. The lowest BCUT2D eigenvalue weighted by Gasteiger charge is -2.10. The zero-order valence-corrected chi connectivity index (χ0v) is 10.1. The number of hydrogen-bond donors (Lipinski definition) is 0. The molecule has 2 heterocycles. The van der Waals surface area contributed by atoms with Crippen molar-refractivity contribution in [1.29, 1.82) is 0 Å². The summed E-state index contributed by atoms with van der Waals surface area (Å²) in [5.41, 5.74) is 2.58. The van der Waals surface area contributed by atoms with Crippen LogP contribution in [0.15, 0.2) is 41.4 Å². The molecule has 0 fully saturated rings. The molecule has 0 saturated heterocycles. The second-order valence-corrected chi connectivity index (χ2v) is 5.29. The zero-order chi connectivity index (χ0) is 11.0. The van der Waals surface area contributed by atoms with Crippen LogP contribution in [0.5, 0.6) is 0 Å². The van der Waals surface area contributed by atoms with E-state index in [4.69, 9.17) is 0 Å². The molecule has 1 unspecified atom stereocenters. The van der Waals surface area contributed by atoms with Crippen molar-refractivity contribution >= 4 is 11.8 Å². The molecular weight excluding hydrogens is 216 g/mol. The maximum atomic E-state index is 4.45. The van der Waals surface area contributed by atoms with Crippen molar-refractivity contribution in [3.63, 3.8) is 0 Å². The first-order chi connectivity index (χ1) is 7.83. The molecule has 16 heavy (non-hydrogen) atoms. The van der Waals surface area contributed by atoms with Crippen LogP contribution in [0.3, 0.4) is 0 Å². The molecule has 2 aromatic rings. The van der Waals surface area contributed by atoms with Gasteiger partial charge in [-0.05, 0) is 24.6 Å². The minimum Gasteiger partial charge on any atom is -0.272 e. The third kappa shape index (κ3) is 1.76. The monoisotopic (exact) mass is 230 g/mol. The van der Waals surface area contributed by atoms with E-state index in [9.17, 15) is 0 Å². The third-order valence-corrected chi connectivity index (χ3v) is 4.23. The van der Waals surface area contributed by atoms with Gasteiger partial charge in [-0.1, -0.05) is 18.2 Å². The Morgan fingerprint density at radius 1 is 1.38 bits per heavy atom. The van der Waals surface area contributed by atoms with E-state index in [2.05, 4.69) is 46.3 Å². The van der Waals surface area contributed by atoms with E-state index in [-0.39, 0.29) is 0 Å². The fraction of sp³-hybridized carbons (Fsp3) is 0.308. The number of nitrogens with zero attached hydrogens (tertiary/aromatic N) is 2. The van der Waals surface area contributed by atoms with Crippen LogP contribution < -0.4 is 0 Å². The molecule has 0 radical (unpaired) electrons.